The summed E-state index contributed by atoms with van der Waals surface area (Å²) >= 11 is 6.40. The van der Waals surface area contributed by atoms with Crippen molar-refractivity contribution in [2.45, 2.75) is 0 Å². The third kappa shape index (κ3) is 3.53. The second-order valence-electron chi connectivity index (χ2n) is 6.39. The highest BCUT2D eigenvalue weighted by molar-refractivity contribution is 7.60. The van der Waals surface area contributed by atoms with Gasteiger partial charge >= 0.3 is 7.60 Å². The van der Waals surface area contributed by atoms with E-state index in [9.17, 15) is 19.1 Å². The first-order chi connectivity index (χ1) is 13.3. The van der Waals surface area contributed by atoms with Crippen molar-refractivity contribution in [2.75, 3.05) is 0 Å². The van der Waals surface area contributed by atoms with Crippen molar-refractivity contribution in [1.29, 1.82) is 0 Å². The normalized spacial score (nSPS) is 11.7. The number of nitrogens with one attached hydrogen (secondary N) is 1. The second-order valence-corrected chi connectivity index (χ2v) is 8.37. The van der Waals surface area contributed by atoms with E-state index in [1.165, 1.54) is 6.07 Å². The molecule has 0 aliphatic heterocycles. The van der Waals surface area contributed by atoms with Crippen molar-refractivity contribution in [2.24, 2.45) is 0 Å². The van der Waals surface area contributed by atoms with Gasteiger partial charge in [0.25, 0.3) is 5.56 Å². The lowest BCUT2D eigenvalue weighted by atomic mass is 9.99. The fourth-order valence-corrected chi connectivity index (χ4v) is 4.03. The number of aromatic nitrogens is 1. The quantitative estimate of drug-likeness (QED) is 0.438. The molecular weight excluding hydrogens is 397 g/mol. The van der Waals surface area contributed by atoms with E-state index in [-0.39, 0.29) is 0 Å². The molecule has 0 amide bonds. The summed E-state index contributed by atoms with van der Waals surface area (Å²) in [7, 11) is -4.68. The van der Waals surface area contributed by atoms with E-state index in [4.69, 9.17) is 11.6 Å². The van der Waals surface area contributed by atoms with Crippen LogP contribution in [-0.4, -0.2) is 14.8 Å². The standard InChI is InChI=1S/C21H15ClNO4P/c22-18-12-19-16(11-20(21(24)23-19)28(25,26)27)10-17(18)15-8-6-14(7-9-15)13-4-2-1-3-5-13/h1-12H,(H,23,24)(H2,25,26,27). The van der Waals surface area contributed by atoms with Gasteiger partial charge in [0.1, 0.15) is 5.30 Å². The van der Waals surface area contributed by atoms with E-state index in [0.717, 1.165) is 16.7 Å². The van der Waals surface area contributed by atoms with E-state index < -0.39 is 18.5 Å². The molecule has 0 atom stereocenters. The molecule has 0 saturated heterocycles. The molecule has 4 rings (SSSR count). The molecule has 140 valence electrons. The lowest BCUT2D eigenvalue weighted by molar-refractivity contribution is 0.387. The molecule has 3 N–H and O–H groups in total. The number of hydrogen-bond acceptors (Lipinski definition) is 2. The SMILES string of the molecule is O=c1[nH]c2cc(Cl)c(-c3ccc(-c4ccccc4)cc3)cc2cc1P(=O)(O)O. The van der Waals surface area contributed by atoms with Gasteiger partial charge in [-0.05, 0) is 40.3 Å². The molecule has 4 aromatic rings. The average molecular weight is 412 g/mol. The van der Waals surface area contributed by atoms with Crippen LogP contribution < -0.4 is 10.9 Å². The molecule has 1 aromatic heterocycles. The summed E-state index contributed by atoms with van der Waals surface area (Å²) < 4.78 is 11.5. The predicted molar refractivity (Wildman–Crippen MR) is 112 cm³/mol. The second kappa shape index (κ2) is 7.04. The summed E-state index contributed by atoms with van der Waals surface area (Å²) in [6.07, 6.45) is 0. The third-order valence-corrected chi connectivity index (χ3v) is 5.80. The van der Waals surface area contributed by atoms with Gasteiger partial charge in [-0.2, -0.15) is 0 Å². The van der Waals surface area contributed by atoms with E-state index in [2.05, 4.69) is 4.98 Å². The van der Waals surface area contributed by atoms with Gasteiger partial charge in [-0.1, -0.05) is 66.2 Å². The van der Waals surface area contributed by atoms with Crippen LogP contribution in [0, 0.1) is 0 Å². The molecule has 0 fully saturated rings. The van der Waals surface area contributed by atoms with Crippen molar-refractivity contribution < 1.29 is 14.4 Å². The van der Waals surface area contributed by atoms with Crippen LogP contribution in [0.5, 0.6) is 0 Å². The Labute approximate surface area is 165 Å². The molecule has 3 aromatic carbocycles. The number of benzene rings is 3. The highest BCUT2D eigenvalue weighted by Gasteiger charge is 2.22. The number of rotatable bonds is 3. The number of fused-ring (bicyclic) bond motifs is 1. The highest BCUT2D eigenvalue weighted by Crippen LogP contribution is 2.35. The van der Waals surface area contributed by atoms with Crippen LogP contribution in [-0.2, 0) is 4.57 Å². The maximum absolute atomic E-state index is 11.9. The molecule has 1 heterocycles. The molecule has 0 bridgehead atoms. The third-order valence-electron chi connectivity index (χ3n) is 4.53. The predicted octanol–water partition coefficient (Wildman–Crippen LogP) is 4.32. The van der Waals surface area contributed by atoms with Crippen LogP contribution in [0.4, 0.5) is 0 Å². The maximum Gasteiger partial charge on any atom is 0.361 e. The van der Waals surface area contributed by atoms with Crippen LogP contribution in [0.1, 0.15) is 0 Å². The molecular formula is C21H15ClNO4P. The number of halogens is 1. The Morgan fingerprint density at radius 2 is 1.43 bits per heavy atom. The van der Waals surface area contributed by atoms with Crippen molar-refractivity contribution in [3.8, 4) is 22.3 Å². The molecule has 0 saturated carbocycles. The van der Waals surface area contributed by atoms with E-state index >= 15 is 0 Å². The summed E-state index contributed by atoms with van der Waals surface area (Å²) in [6.45, 7) is 0. The van der Waals surface area contributed by atoms with Gasteiger partial charge in [0.15, 0.2) is 0 Å². The van der Waals surface area contributed by atoms with Gasteiger partial charge in [0, 0.05) is 11.1 Å². The Morgan fingerprint density at radius 3 is 2.07 bits per heavy atom. The van der Waals surface area contributed by atoms with Gasteiger partial charge in [0.05, 0.1) is 5.02 Å². The van der Waals surface area contributed by atoms with Crippen molar-refractivity contribution in [3.63, 3.8) is 0 Å². The zero-order valence-corrected chi connectivity index (χ0v) is 16.1. The molecule has 7 heteroatoms. The Balaban J connectivity index is 1.82. The molecule has 0 unspecified atom stereocenters. The van der Waals surface area contributed by atoms with Crippen molar-refractivity contribution in [1.82, 2.24) is 4.98 Å². The van der Waals surface area contributed by atoms with Crippen LogP contribution in [0.3, 0.4) is 0 Å². The minimum Gasteiger partial charge on any atom is -0.321 e. The zero-order valence-electron chi connectivity index (χ0n) is 14.5. The first-order valence-corrected chi connectivity index (χ1v) is 10.4. The van der Waals surface area contributed by atoms with Gasteiger partial charge < -0.3 is 14.8 Å². The topological polar surface area (TPSA) is 90.4 Å². The summed E-state index contributed by atoms with van der Waals surface area (Å²) in [6, 6.07) is 22.3. The Bertz CT molecular complexity index is 1280. The summed E-state index contributed by atoms with van der Waals surface area (Å²) in [5.74, 6) is 0. The largest absolute Gasteiger partial charge is 0.361 e. The van der Waals surface area contributed by atoms with Crippen molar-refractivity contribution >= 4 is 35.4 Å². The zero-order chi connectivity index (χ0) is 19.9. The molecule has 0 radical (unpaired) electrons. The highest BCUT2D eigenvalue weighted by atomic mass is 35.5. The van der Waals surface area contributed by atoms with Crippen molar-refractivity contribution in [3.05, 3.63) is 88.2 Å². The Hall–Kier alpha value is -2.69. The molecule has 0 aliphatic carbocycles. The van der Waals surface area contributed by atoms with Gasteiger partial charge in [-0.3, -0.25) is 9.36 Å². The lowest BCUT2D eigenvalue weighted by Crippen LogP contribution is -2.26. The van der Waals surface area contributed by atoms with Gasteiger partial charge in [-0.25, -0.2) is 0 Å². The number of hydrogen-bond donors (Lipinski definition) is 3. The number of aromatic amines is 1. The molecule has 28 heavy (non-hydrogen) atoms. The first-order valence-electron chi connectivity index (χ1n) is 8.41. The van der Waals surface area contributed by atoms with Crippen LogP contribution in [0.2, 0.25) is 5.02 Å². The van der Waals surface area contributed by atoms with E-state index in [1.807, 2.05) is 54.6 Å². The molecule has 5 nitrogen and oxygen atoms in total. The average Bonchev–Trinajstić information content (AvgIpc) is 2.67. The summed E-state index contributed by atoms with van der Waals surface area (Å²) in [5, 5.41) is 0.358. The Morgan fingerprint density at radius 1 is 0.821 bits per heavy atom. The fourth-order valence-electron chi connectivity index (χ4n) is 3.13. The van der Waals surface area contributed by atoms with Crippen LogP contribution >= 0.6 is 19.2 Å². The minimum atomic E-state index is -4.68. The van der Waals surface area contributed by atoms with E-state index in [1.54, 1.807) is 12.1 Å². The maximum atomic E-state index is 11.9. The Kier molecular flexibility index (Phi) is 4.69. The molecule has 0 spiro atoms. The smallest absolute Gasteiger partial charge is 0.321 e. The van der Waals surface area contributed by atoms with Gasteiger partial charge in [0.2, 0.25) is 0 Å². The number of pyridine rings is 1. The van der Waals surface area contributed by atoms with Crippen LogP contribution in [0.25, 0.3) is 33.2 Å². The minimum absolute atomic E-state index is 0.414. The van der Waals surface area contributed by atoms with Gasteiger partial charge in [-0.15, -0.1) is 0 Å². The summed E-state index contributed by atoms with van der Waals surface area (Å²) in [5.41, 5.74) is 3.32. The van der Waals surface area contributed by atoms with E-state index in [0.29, 0.717) is 21.5 Å². The first kappa shape index (κ1) is 18.7. The number of H-pyrrole nitrogens is 1. The monoisotopic (exact) mass is 411 g/mol. The summed E-state index contributed by atoms with van der Waals surface area (Å²) in [4.78, 5) is 33.2. The fraction of sp³-hybridized carbons (Fsp3) is 0. The lowest BCUT2D eigenvalue weighted by Gasteiger charge is -2.10. The van der Waals surface area contributed by atoms with Crippen LogP contribution in [0.15, 0.2) is 77.6 Å². The molecule has 0 aliphatic rings.